The maximum Gasteiger partial charge on any atom is 0.229 e. The molecule has 29 heavy (non-hydrogen) atoms. The third-order valence-electron chi connectivity index (χ3n) is 4.56. The SMILES string of the molecule is CCOc1ccccc1Nc1nc(C)cc(Nc2ccc(N(CC)CC)cc2)n1. The number of benzene rings is 2. The van der Waals surface area contributed by atoms with E-state index >= 15 is 0 Å². The number of anilines is 5. The van der Waals surface area contributed by atoms with Crippen molar-refractivity contribution in [2.24, 2.45) is 0 Å². The van der Waals surface area contributed by atoms with Crippen LogP contribution in [0.4, 0.5) is 28.8 Å². The van der Waals surface area contributed by atoms with Gasteiger partial charge in [0.1, 0.15) is 11.6 Å². The van der Waals surface area contributed by atoms with E-state index in [0.717, 1.165) is 41.7 Å². The van der Waals surface area contributed by atoms with Crippen molar-refractivity contribution in [2.75, 3.05) is 35.2 Å². The lowest BCUT2D eigenvalue weighted by atomic mass is 10.2. The second-order valence-corrected chi connectivity index (χ2v) is 6.62. The largest absolute Gasteiger partial charge is 0.492 e. The van der Waals surface area contributed by atoms with Crippen molar-refractivity contribution in [1.82, 2.24) is 9.97 Å². The highest BCUT2D eigenvalue weighted by Gasteiger charge is 2.08. The molecule has 0 bridgehead atoms. The van der Waals surface area contributed by atoms with E-state index in [0.29, 0.717) is 12.6 Å². The third kappa shape index (κ3) is 5.38. The summed E-state index contributed by atoms with van der Waals surface area (Å²) in [6, 6.07) is 18.1. The molecule has 0 saturated carbocycles. The number of aromatic nitrogens is 2. The Labute approximate surface area is 173 Å². The van der Waals surface area contributed by atoms with Crippen LogP contribution in [0.2, 0.25) is 0 Å². The van der Waals surface area contributed by atoms with Crippen LogP contribution in [0.3, 0.4) is 0 Å². The fraction of sp³-hybridized carbons (Fsp3) is 0.304. The Bertz CT molecular complexity index is 923. The summed E-state index contributed by atoms with van der Waals surface area (Å²) in [4.78, 5) is 11.4. The van der Waals surface area contributed by atoms with Crippen LogP contribution < -0.4 is 20.3 Å². The van der Waals surface area contributed by atoms with Crippen molar-refractivity contribution in [3.05, 3.63) is 60.3 Å². The predicted octanol–water partition coefficient (Wildman–Crippen LogP) is 5.52. The standard InChI is InChI=1S/C23H29N5O/c1-5-28(6-2)19-14-12-18(13-15-19)25-22-16-17(4)24-23(27-22)26-20-10-8-9-11-21(20)29-7-3/h8-16H,5-7H2,1-4H3,(H2,24,25,26,27). The summed E-state index contributed by atoms with van der Waals surface area (Å²) >= 11 is 0. The lowest BCUT2D eigenvalue weighted by Crippen LogP contribution is -2.21. The number of nitrogens with one attached hydrogen (secondary N) is 2. The molecular formula is C23H29N5O. The maximum absolute atomic E-state index is 5.68. The molecule has 0 aliphatic rings. The monoisotopic (exact) mass is 391 g/mol. The van der Waals surface area contributed by atoms with Crippen LogP contribution in [0.5, 0.6) is 5.75 Å². The van der Waals surface area contributed by atoms with E-state index in [1.807, 2.05) is 44.2 Å². The van der Waals surface area contributed by atoms with Crippen LogP contribution >= 0.6 is 0 Å². The summed E-state index contributed by atoms with van der Waals surface area (Å²) in [5, 5.41) is 6.64. The zero-order chi connectivity index (χ0) is 20.6. The van der Waals surface area contributed by atoms with E-state index in [2.05, 4.69) is 63.6 Å². The summed E-state index contributed by atoms with van der Waals surface area (Å²) in [6.07, 6.45) is 0. The molecule has 0 fully saturated rings. The normalized spacial score (nSPS) is 10.5. The highest BCUT2D eigenvalue weighted by Crippen LogP contribution is 2.27. The summed E-state index contributed by atoms with van der Waals surface area (Å²) in [6.45, 7) is 10.8. The first-order chi connectivity index (χ1) is 14.1. The molecule has 0 atom stereocenters. The van der Waals surface area contributed by atoms with Gasteiger partial charge < -0.3 is 20.3 Å². The van der Waals surface area contributed by atoms with Gasteiger partial charge in [0.05, 0.1) is 12.3 Å². The van der Waals surface area contributed by atoms with Crippen LogP contribution in [0.25, 0.3) is 0 Å². The average molecular weight is 392 g/mol. The molecule has 6 heteroatoms. The van der Waals surface area contributed by atoms with E-state index < -0.39 is 0 Å². The number of nitrogens with zero attached hydrogens (tertiary/aromatic N) is 3. The Morgan fingerprint density at radius 1 is 0.897 bits per heavy atom. The average Bonchev–Trinajstić information content (AvgIpc) is 2.71. The minimum Gasteiger partial charge on any atom is -0.492 e. The Balaban J connectivity index is 1.77. The molecule has 0 amide bonds. The van der Waals surface area contributed by atoms with Gasteiger partial charge >= 0.3 is 0 Å². The molecule has 152 valence electrons. The number of ether oxygens (including phenoxy) is 1. The molecule has 0 saturated heterocycles. The van der Waals surface area contributed by atoms with Crippen molar-refractivity contribution in [3.63, 3.8) is 0 Å². The first kappa shape index (κ1) is 20.5. The summed E-state index contributed by atoms with van der Waals surface area (Å²) in [5.41, 5.74) is 3.92. The molecule has 3 aromatic rings. The van der Waals surface area contributed by atoms with Crippen LogP contribution in [-0.2, 0) is 0 Å². The van der Waals surface area contributed by atoms with Gasteiger partial charge in [0.25, 0.3) is 0 Å². The van der Waals surface area contributed by atoms with Crippen molar-refractivity contribution in [1.29, 1.82) is 0 Å². The smallest absolute Gasteiger partial charge is 0.229 e. The second-order valence-electron chi connectivity index (χ2n) is 6.62. The van der Waals surface area contributed by atoms with E-state index in [9.17, 15) is 0 Å². The molecule has 1 heterocycles. The molecule has 2 aromatic carbocycles. The first-order valence-electron chi connectivity index (χ1n) is 10.1. The van der Waals surface area contributed by atoms with Gasteiger partial charge in [-0.2, -0.15) is 4.98 Å². The zero-order valence-corrected chi connectivity index (χ0v) is 17.6. The minimum absolute atomic E-state index is 0.527. The van der Waals surface area contributed by atoms with Gasteiger partial charge in [0, 0.05) is 36.2 Å². The molecule has 0 aliphatic heterocycles. The number of rotatable bonds is 9. The summed E-state index contributed by atoms with van der Waals surface area (Å²) < 4.78 is 5.68. The summed E-state index contributed by atoms with van der Waals surface area (Å²) in [5.74, 6) is 2.05. The molecule has 2 N–H and O–H groups in total. The Hall–Kier alpha value is -3.28. The first-order valence-corrected chi connectivity index (χ1v) is 10.1. The van der Waals surface area contributed by atoms with Crippen molar-refractivity contribution >= 4 is 28.8 Å². The number of hydrogen-bond donors (Lipinski definition) is 2. The minimum atomic E-state index is 0.527. The Morgan fingerprint density at radius 2 is 1.62 bits per heavy atom. The fourth-order valence-electron chi connectivity index (χ4n) is 3.15. The van der Waals surface area contributed by atoms with Crippen LogP contribution in [-0.4, -0.2) is 29.7 Å². The number of para-hydroxylation sites is 2. The molecule has 0 unspecified atom stereocenters. The van der Waals surface area contributed by atoms with Crippen molar-refractivity contribution in [2.45, 2.75) is 27.7 Å². The maximum atomic E-state index is 5.68. The van der Waals surface area contributed by atoms with Gasteiger partial charge in [-0.15, -0.1) is 0 Å². The highest BCUT2D eigenvalue weighted by atomic mass is 16.5. The van der Waals surface area contributed by atoms with Crippen LogP contribution in [0, 0.1) is 6.92 Å². The molecular weight excluding hydrogens is 362 g/mol. The van der Waals surface area contributed by atoms with E-state index in [1.165, 1.54) is 5.69 Å². The van der Waals surface area contributed by atoms with Crippen molar-refractivity contribution in [3.8, 4) is 5.75 Å². The third-order valence-corrected chi connectivity index (χ3v) is 4.56. The van der Waals surface area contributed by atoms with Gasteiger partial charge in [0.2, 0.25) is 5.95 Å². The van der Waals surface area contributed by atoms with Gasteiger partial charge in [0.15, 0.2) is 0 Å². The van der Waals surface area contributed by atoms with Gasteiger partial charge in [-0.3, -0.25) is 0 Å². The molecule has 0 aliphatic carbocycles. The molecule has 0 spiro atoms. The molecule has 0 radical (unpaired) electrons. The predicted molar refractivity (Wildman–Crippen MR) is 121 cm³/mol. The molecule has 3 rings (SSSR count). The quantitative estimate of drug-likeness (QED) is 0.501. The molecule has 6 nitrogen and oxygen atoms in total. The van der Waals surface area contributed by atoms with E-state index in [4.69, 9.17) is 4.74 Å². The summed E-state index contributed by atoms with van der Waals surface area (Å²) in [7, 11) is 0. The number of hydrogen-bond acceptors (Lipinski definition) is 6. The lowest BCUT2D eigenvalue weighted by molar-refractivity contribution is 0.342. The molecule has 1 aromatic heterocycles. The second kappa shape index (κ2) is 9.78. The Morgan fingerprint density at radius 3 is 2.31 bits per heavy atom. The number of aryl methyl sites for hydroxylation is 1. The highest BCUT2D eigenvalue weighted by molar-refractivity contribution is 5.65. The van der Waals surface area contributed by atoms with Gasteiger partial charge in [-0.25, -0.2) is 4.98 Å². The lowest BCUT2D eigenvalue weighted by Gasteiger charge is -2.21. The van der Waals surface area contributed by atoms with Gasteiger partial charge in [-0.05, 0) is 64.1 Å². The Kier molecular flexibility index (Phi) is 6.89. The van der Waals surface area contributed by atoms with E-state index in [1.54, 1.807) is 0 Å². The zero-order valence-electron chi connectivity index (χ0n) is 17.6. The fourth-order valence-corrected chi connectivity index (χ4v) is 3.15. The van der Waals surface area contributed by atoms with Crippen molar-refractivity contribution < 1.29 is 4.74 Å². The topological polar surface area (TPSA) is 62.3 Å². The van der Waals surface area contributed by atoms with Crippen LogP contribution in [0.1, 0.15) is 26.5 Å². The van der Waals surface area contributed by atoms with Gasteiger partial charge in [-0.1, -0.05) is 12.1 Å². The van der Waals surface area contributed by atoms with Crippen LogP contribution in [0.15, 0.2) is 54.6 Å². The van der Waals surface area contributed by atoms with E-state index in [-0.39, 0.29) is 0 Å².